The highest BCUT2D eigenvalue weighted by molar-refractivity contribution is 6.30. The molecule has 0 radical (unpaired) electrons. The first-order chi connectivity index (χ1) is 10.2. The van der Waals surface area contributed by atoms with Gasteiger partial charge in [-0.15, -0.1) is 0 Å². The molecule has 21 heavy (non-hydrogen) atoms. The van der Waals surface area contributed by atoms with Crippen LogP contribution in [0.15, 0.2) is 30.6 Å². The molecule has 0 fully saturated rings. The molecular weight excluding hydrogens is 282 g/mol. The van der Waals surface area contributed by atoms with Crippen LogP contribution in [0.4, 0.5) is 5.82 Å². The summed E-state index contributed by atoms with van der Waals surface area (Å²) in [5, 5.41) is 4.30. The van der Waals surface area contributed by atoms with Gasteiger partial charge in [0.05, 0.1) is 6.04 Å². The largest absolute Gasteiger partial charge is 0.363 e. The zero-order chi connectivity index (χ0) is 14.7. The number of aryl methyl sites for hydroxylation is 1. The summed E-state index contributed by atoms with van der Waals surface area (Å²) in [6.07, 6.45) is 7.55. The maximum Gasteiger partial charge on any atom is 0.133 e. The third-order valence-corrected chi connectivity index (χ3v) is 4.31. The Balaban J connectivity index is 1.84. The van der Waals surface area contributed by atoms with E-state index < -0.39 is 0 Å². The van der Waals surface area contributed by atoms with Crippen molar-refractivity contribution in [3.8, 4) is 0 Å². The average molecular weight is 302 g/mol. The van der Waals surface area contributed by atoms with Gasteiger partial charge in [-0.2, -0.15) is 0 Å². The third kappa shape index (κ3) is 3.35. The van der Waals surface area contributed by atoms with Crippen LogP contribution in [-0.4, -0.2) is 9.97 Å². The summed E-state index contributed by atoms with van der Waals surface area (Å²) in [7, 11) is 0. The van der Waals surface area contributed by atoms with E-state index in [1.54, 1.807) is 6.33 Å². The summed E-state index contributed by atoms with van der Waals surface area (Å²) in [6.45, 7) is 2.14. The van der Waals surface area contributed by atoms with Gasteiger partial charge in [-0.25, -0.2) is 9.97 Å². The monoisotopic (exact) mass is 301 g/mol. The Kier molecular flexibility index (Phi) is 4.39. The summed E-state index contributed by atoms with van der Waals surface area (Å²) in [5.74, 6) is 0.981. The summed E-state index contributed by atoms with van der Waals surface area (Å²) >= 11 is 6.08. The van der Waals surface area contributed by atoms with Gasteiger partial charge in [0, 0.05) is 16.3 Å². The topological polar surface area (TPSA) is 37.8 Å². The lowest BCUT2D eigenvalue weighted by Crippen LogP contribution is -2.12. The van der Waals surface area contributed by atoms with Crippen LogP contribution >= 0.6 is 11.6 Å². The molecule has 1 unspecified atom stereocenters. The van der Waals surface area contributed by atoms with Gasteiger partial charge in [-0.1, -0.05) is 30.2 Å². The van der Waals surface area contributed by atoms with E-state index in [1.807, 2.05) is 18.2 Å². The van der Waals surface area contributed by atoms with Crippen molar-refractivity contribution < 1.29 is 0 Å². The Morgan fingerprint density at radius 3 is 2.86 bits per heavy atom. The van der Waals surface area contributed by atoms with Gasteiger partial charge >= 0.3 is 0 Å². The fraction of sp³-hybridized carbons (Fsp3) is 0.412. The SMILES string of the molecule is CC(Nc1ncnc2c1CCCCC2)c1cccc(Cl)c1. The molecule has 3 rings (SSSR count). The molecule has 4 heteroatoms. The predicted molar refractivity (Wildman–Crippen MR) is 86.8 cm³/mol. The number of aromatic nitrogens is 2. The standard InChI is InChI=1S/C17H20ClN3/c1-12(13-6-5-7-14(18)10-13)21-17-15-8-3-2-4-9-16(15)19-11-20-17/h5-7,10-12H,2-4,8-9H2,1H3,(H,19,20,21). The van der Waals surface area contributed by atoms with Crippen LogP contribution in [0.2, 0.25) is 5.02 Å². The van der Waals surface area contributed by atoms with E-state index in [-0.39, 0.29) is 6.04 Å². The van der Waals surface area contributed by atoms with Gasteiger partial charge in [0.15, 0.2) is 0 Å². The maximum atomic E-state index is 6.08. The van der Waals surface area contributed by atoms with Gasteiger partial charge in [-0.05, 0) is 50.3 Å². The van der Waals surface area contributed by atoms with E-state index in [1.165, 1.54) is 36.1 Å². The van der Waals surface area contributed by atoms with Crippen LogP contribution < -0.4 is 5.32 Å². The molecule has 3 nitrogen and oxygen atoms in total. The lowest BCUT2D eigenvalue weighted by molar-refractivity contribution is 0.708. The van der Waals surface area contributed by atoms with Crippen molar-refractivity contribution in [3.63, 3.8) is 0 Å². The number of nitrogens with zero attached hydrogens (tertiary/aromatic N) is 2. The van der Waals surface area contributed by atoms with Crippen molar-refractivity contribution in [2.24, 2.45) is 0 Å². The first kappa shape index (κ1) is 14.3. The van der Waals surface area contributed by atoms with Crippen LogP contribution in [-0.2, 0) is 12.8 Å². The number of nitrogens with one attached hydrogen (secondary N) is 1. The lowest BCUT2D eigenvalue weighted by atomic mass is 10.1. The van der Waals surface area contributed by atoms with Crippen molar-refractivity contribution in [2.45, 2.75) is 45.1 Å². The van der Waals surface area contributed by atoms with Crippen molar-refractivity contribution in [3.05, 3.63) is 52.4 Å². The molecule has 0 amide bonds. The molecule has 1 aromatic carbocycles. The second-order valence-electron chi connectivity index (χ2n) is 5.63. The summed E-state index contributed by atoms with van der Waals surface area (Å²) in [5.41, 5.74) is 3.68. The van der Waals surface area contributed by atoms with Gasteiger partial charge in [-0.3, -0.25) is 0 Å². The van der Waals surface area contributed by atoms with Crippen molar-refractivity contribution in [2.75, 3.05) is 5.32 Å². The van der Waals surface area contributed by atoms with Crippen molar-refractivity contribution in [1.29, 1.82) is 0 Å². The number of hydrogen-bond donors (Lipinski definition) is 1. The number of hydrogen-bond acceptors (Lipinski definition) is 3. The quantitative estimate of drug-likeness (QED) is 0.844. The molecule has 1 aliphatic rings. The second-order valence-corrected chi connectivity index (χ2v) is 6.07. The highest BCUT2D eigenvalue weighted by Crippen LogP contribution is 2.27. The molecule has 0 aliphatic heterocycles. The fourth-order valence-corrected chi connectivity index (χ4v) is 3.09. The molecule has 0 spiro atoms. The predicted octanol–water partition coefficient (Wildman–Crippen LogP) is 4.57. The molecule has 0 saturated heterocycles. The Morgan fingerprint density at radius 2 is 2.00 bits per heavy atom. The first-order valence-corrected chi connectivity index (χ1v) is 7.96. The maximum absolute atomic E-state index is 6.08. The second kappa shape index (κ2) is 6.44. The molecule has 1 heterocycles. The van der Waals surface area contributed by atoms with E-state index >= 15 is 0 Å². The number of fused-ring (bicyclic) bond motifs is 1. The fourth-order valence-electron chi connectivity index (χ4n) is 2.89. The molecule has 1 atom stereocenters. The van der Waals surface area contributed by atoms with Gasteiger partial charge in [0.1, 0.15) is 12.1 Å². The Morgan fingerprint density at radius 1 is 1.14 bits per heavy atom. The van der Waals surface area contributed by atoms with E-state index in [0.29, 0.717) is 0 Å². The lowest BCUT2D eigenvalue weighted by Gasteiger charge is -2.18. The highest BCUT2D eigenvalue weighted by atomic mass is 35.5. The normalized spacial score (nSPS) is 15.9. The smallest absolute Gasteiger partial charge is 0.133 e. The van der Waals surface area contributed by atoms with E-state index in [9.17, 15) is 0 Å². The highest BCUT2D eigenvalue weighted by Gasteiger charge is 2.16. The molecule has 1 aromatic heterocycles. The van der Waals surface area contributed by atoms with Crippen LogP contribution in [0, 0.1) is 0 Å². The average Bonchev–Trinajstić information content (AvgIpc) is 2.73. The van der Waals surface area contributed by atoms with Crippen LogP contribution in [0.5, 0.6) is 0 Å². The minimum absolute atomic E-state index is 0.172. The summed E-state index contributed by atoms with van der Waals surface area (Å²) in [4.78, 5) is 8.93. The summed E-state index contributed by atoms with van der Waals surface area (Å²) < 4.78 is 0. The number of benzene rings is 1. The molecule has 2 aromatic rings. The molecule has 0 bridgehead atoms. The molecule has 1 N–H and O–H groups in total. The zero-order valence-electron chi connectivity index (χ0n) is 12.3. The van der Waals surface area contributed by atoms with E-state index in [2.05, 4.69) is 28.3 Å². The Labute approximate surface area is 130 Å². The Hall–Kier alpha value is -1.61. The number of rotatable bonds is 3. The molecular formula is C17H20ClN3. The minimum Gasteiger partial charge on any atom is -0.363 e. The van der Waals surface area contributed by atoms with Gasteiger partial charge in [0.25, 0.3) is 0 Å². The summed E-state index contributed by atoms with van der Waals surface area (Å²) in [6, 6.07) is 8.14. The van der Waals surface area contributed by atoms with Gasteiger partial charge < -0.3 is 5.32 Å². The molecule has 110 valence electrons. The van der Waals surface area contributed by atoms with Crippen molar-refractivity contribution in [1.82, 2.24) is 9.97 Å². The number of halogens is 1. The Bertz CT molecular complexity index is 627. The van der Waals surface area contributed by atoms with Crippen molar-refractivity contribution >= 4 is 17.4 Å². The third-order valence-electron chi connectivity index (χ3n) is 4.08. The van der Waals surface area contributed by atoms with E-state index in [4.69, 9.17) is 11.6 Å². The number of anilines is 1. The van der Waals surface area contributed by atoms with Crippen LogP contribution in [0.1, 0.15) is 49.0 Å². The molecule has 1 aliphatic carbocycles. The molecule has 0 saturated carbocycles. The zero-order valence-corrected chi connectivity index (χ0v) is 13.0. The van der Waals surface area contributed by atoms with E-state index in [0.717, 1.165) is 23.7 Å². The minimum atomic E-state index is 0.172. The van der Waals surface area contributed by atoms with Crippen LogP contribution in [0.25, 0.3) is 0 Å². The van der Waals surface area contributed by atoms with Gasteiger partial charge in [0.2, 0.25) is 0 Å². The first-order valence-electron chi connectivity index (χ1n) is 7.59. The van der Waals surface area contributed by atoms with Crippen LogP contribution in [0.3, 0.4) is 0 Å².